The fourth-order valence-electron chi connectivity index (χ4n) is 2.87. The second-order valence-electron chi connectivity index (χ2n) is 6.93. The Balaban J connectivity index is 1.66. The zero-order valence-corrected chi connectivity index (χ0v) is 16.8. The average molecular weight is 391 g/mol. The van der Waals surface area contributed by atoms with E-state index in [1.54, 1.807) is 25.9 Å². The van der Waals surface area contributed by atoms with Crippen molar-refractivity contribution in [3.8, 4) is 11.5 Å². The molecule has 1 aliphatic rings. The molecule has 0 aromatic heterocycles. The van der Waals surface area contributed by atoms with E-state index >= 15 is 0 Å². The summed E-state index contributed by atoms with van der Waals surface area (Å²) in [5.74, 6) is 0.415. The highest BCUT2D eigenvalue weighted by Crippen LogP contribution is 2.17. The number of nitrogens with one attached hydrogen (secondary N) is 1. The molecular formula is C20H29N3O5. The number of carbonyl (C=O) groups is 3. The van der Waals surface area contributed by atoms with Gasteiger partial charge in [0.05, 0.1) is 13.7 Å². The molecule has 0 radical (unpaired) electrons. The van der Waals surface area contributed by atoms with Crippen LogP contribution in [-0.4, -0.2) is 73.5 Å². The molecule has 3 amide bonds. The maximum absolute atomic E-state index is 12.3. The number of hydrogen-bond donors (Lipinski definition) is 1. The zero-order valence-electron chi connectivity index (χ0n) is 16.8. The lowest BCUT2D eigenvalue weighted by Crippen LogP contribution is -2.54. The number of hydrogen-bond acceptors (Lipinski definition) is 5. The summed E-state index contributed by atoms with van der Waals surface area (Å²) in [5, 5.41) is 2.60. The second kappa shape index (κ2) is 10.5. The number of rotatable bonds is 7. The molecule has 1 N–H and O–H groups in total. The van der Waals surface area contributed by atoms with Crippen molar-refractivity contribution in [2.24, 2.45) is 0 Å². The number of carbonyl (C=O) groups excluding carboxylic acids is 3. The topological polar surface area (TPSA) is 88.2 Å². The van der Waals surface area contributed by atoms with E-state index in [1.807, 2.05) is 24.3 Å². The number of piperazine rings is 1. The van der Waals surface area contributed by atoms with Gasteiger partial charge in [0.1, 0.15) is 11.5 Å². The van der Waals surface area contributed by atoms with Gasteiger partial charge in [0.15, 0.2) is 0 Å². The summed E-state index contributed by atoms with van der Waals surface area (Å²) < 4.78 is 10.7. The molecule has 8 heteroatoms. The second-order valence-corrected chi connectivity index (χ2v) is 6.93. The standard InChI is InChI=1S/C20H29N3O5/c1-15(2)21-19(25)20(26)23-12-10-22(11-13-23)18(24)5-4-14-28-17-8-6-16(27-3)7-9-17/h6-9,15H,4-5,10-14H2,1-3H3,(H,21,25). The van der Waals surface area contributed by atoms with E-state index in [9.17, 15) is 14.4 Å². The van der Waals surface area contributed by atoms with Crippen molar-refractivity contribution >= 4 is 17.7 Å². The van der Waals surface area contributed by atoms with Gasteiger partial charge in [-0.2, -0.15) is 0 Å². The van der Waals surface area contributed by atoms with Crippen LogP contribution in [0.15, 0.2) is 24.3 Å². The van der Waals surface area contributed by atoms with Gasteiger partial charge in [-0.25, -0.2) is 0 Å². The first-order valence-corrected chi connectivity index (χ1v) is 9.55. The summed E-state index contributed by atoms with van der Waals surface area (Å²) in [4.78, 5) is 39.4. The van der Waals surface area contributed by atoms with Crippen LogP contribution in [0.1, 0.15) is 26.7 Å². The third-order valence-corrected chi connectivity index (χ3v) is 4.40. The van der Waals surface area contributed by atoms with Gasteiger partial charge < -0.3 is 24.6 Å². The number of nitrogens with zero attached hydrogens (tertiary/aromatic N) is 2. The summed E-state index contributed by atoms with van der Waals surface area (Å²) in [6.45, 7) is 5.70. The minimum Gasteiger partial charge on any atom is -0.497 e. The molecule has 0 unspecified atom stereocenters. The summed E-state index contributed by atoms with van der Waals surface area (Å²) in [6.07, 6.45) is 0.999. The SMILES string of the molecule is COc1ccc(OCCCC(=O)N2CCN(C(=O)C(=O)NC(C)C)CC2)cc1. The molecule has 0 aliphatic carbocycles. The van der Waals surface area contributed by atoms with Gasteiger partial charge in [0.25, 0.3) is 0 Å². The van der Waals surface area contributed by atoms with Crippen molar-refractivity contribution in [1.29, 1.82) is 0 Å². The largest absolute Gasteiger partial charge is 0.497 e. The van der Waals surface area contributed by atoms with Gasteiger partial charge >= 0.3 is 11.8 Å². The molecule has 8 nitrogen and oxygen atoms in total. The van der Waals surface area contributed by atoms with Crippen LogP contribution in [0.5, 0.6) is 11.5 Å². The molecule has 1 fully saturated rings. The van der Waals surface area contributed by atoms with Gasteiger partial charge in [-0.3, -0.25) is 14.4 Å². The number of methoxy groups -OCH3 is 1. The first-order valence-electron chi connectivity index (χ1n) is 9.55. The van der Waals surface area contributed by atoms with E-state index in [-0.39, 0.29) is 11.9 Å². The fourth-order valence-corrected chi connectivity index (χ4v) is 2.87. The molecule has 1 saturated heterocycles. The number of benzene rings is 1. The Morgan fingerprint density at radius 3 is 2.14 bits per heavy atom. The van der Waals surface area contributed by atoms with Crippen LogP contribution < -0.4 is 14.8 Å². The summed E-state index contributed by atoms with van der Waals surface area (Å²) in [7, 11) is 1.61. The summed E-state index contributed by atoms with van der Waals surface area (Å²) in [6, 6.07) is 7.21. The third kappa shape index (κ3) is 6.44. The van der Waals surface area contributed by atoms with Gasteiger partial charge in [-0.15, -0.1) is 0 Å². The highest BCUT2D eigenvalue weighted by molar-refractivity contribution is 6.35. The molecule has 0 spiro atoms. The van der Waals surface area contributed by atoms with Gasteiger partial charge in [0, 0.05) is 38.6 Å². The number of amides is 3. The van der Waals surface area contributed by atoms with Crippen LogP contribution in [-0.2, 0) is 14.4 Å². The lowest BCUT2D eigenvalue weighted by atomic mass is 10.2. The van der Waals surface area contributed by atoms with E-state index in [2.05, 4.69) is 5.32 Å². The van der Waals surface area contributed by atoms with E-state index in [0.717, 1.165) is 11.5 Å². The molecule has 0 bridgehead atoms. The van der Waals surface area contributed by atoms with Crippen LogP contribution in [0, 0.1) is 0 Å². The molecule has 1 aliphatic heterocycles. The molecule has 1 aromatic carbocycles. The molecule has 28 heavy (non-hydrogen) atoms. The van der Waals surface area contributed by atoms with E-state index in [1.165, 1.54) is 4.90 Å². The highest BCUT2D eigenvalue weighted by Gasteiger charge is 2.27. The van der Waals surface area contributed by atoms with Crippen LogP contribution in [0.4, 0.5) is 0 Å². The Bertz CT molecular complexity index is 667. The molecular weight excluding hydrogens is 362 g/mol. The third-order valence-electron chi connectivity index (χ3n) is 4.40. The van der Waals surface area contributed by atoms with E-state index in [4.69, 9.17) is 9.47 Å². The maximum Gasteiger partial charge on any atom is 0.312 e. The Kier molecular flexibility index (Phi) is 8.10. The van der Waals surface area contributed by atoms with Crippen molar-refractivity contribution < 1.29 is 23.9 Å². The Hall–Kier alpha value is -2.77. The highest BCUT2D eigenvalue weighted by atomic mass is 16.5. The van der Waals surface area contributed by atoms with Crippen LogP contribution in [0.3, 0.4) is 0 Å². The van der Waals surface area contributed by atoms with Crippen LogP contribution in [0.25, 0.3) is 0 Å². The first-order chi connectivity index (χ1) is 13.4. The first kappa shape index (κ1) is 21.5. The smallest absolute Gasteiger partial charge is 0.312 e. The predicted octanol–water partition coefficient (Wildman–Crippen LogP) is 1.05. The predicted molar refractivity (Wildman–Crippen MR) is 104 cm³/mol. The van der Waals surface area contributed by atoms with E-state index in [0.29, 0.717) is 45.6 Å². The van der Waals surface area contributed by atoms with E-state index < -0.39 is 11.8 Å². The van der Waals surface area contributed by atoms with Crippen LogP contribution in [0.2, 0.25) is 0 Å². The summed E-state index contributed by atoms with van der Waals surface area (Å²) in [5.41, 5.74) is 0. The molecule has 2 rings (SSSR count). The number of ether oxygens (including phenoxy) is 2. The normalized spacial score (nSPS) is 14.0. The lowest BCUT2D eigenvalue weighted by Gasteiger charge is -2.34. The fraction of sp³-hybridized carbons (Fsp3) is 0.550. The van der Waals surface area contributed by atoms with Crippen molar-refractivity contribution in [1.82, 2.24) is 15.1 Å². The van der Waals surface area contributed by atoms with Crippen molar-refractivity contribution in [2.45, 2.75) is 32.7 Å². The van der Waals surface area contributed by atoms with Crippen molar-refractivity contribution in [2.75, 3.05) is 39.9 Å². The zero-order chi connectivity index (χ0) is 20.5. The lowest BCUT2D eigenvalue weighted by molar-refractivity contribution is -0.148. The Morgan fingerprint density at radius 2 is 1.57 bits per heavy atom. The van der Waals surface area contributed by atoms with Crippen molar-refractivity contribution in [3.05, 3.63) is 24.3 Å². The molecule has 1 aromatic rings. The summed E-state index contributed by atoms with van der Waals surface area (Å²) >= 11 is 0. The molecule has 1 heterocycles. The van der Waals surface area contributed by atoms with Gasteiger partial charge in [-0.1, -0.05) is 0 Å². The van der Waals surface area contributed by atoms with Crippen LogP contribution >= 0.6 is 0 Å². The molecule has 0 saturated carbocycles. The maximum atomic E-state index is 12.3. The Labute approximate surface area is 165 Å². The monoisotopic (exact) mass is 391 g/mol. The molecule has 154 valence electrons. The quantitative estimate of drug-likeness (QED) is 0.554. The van der Waals surface area contributed by atoms with Crippen molar-refractivity contribution in [3.63, 3.8) is 0 Å². The van der Waals surface area contributed by atoms with Gasteiger partial charge in [-0.05, 0) is 44.5 Å². The average Bonchev–Trinajstić information content (AvgIpc) is 2.70. The minimum atomic E-state index is -0.592. The minimum absolute atomic E-state index is 0.0389. The molecule has 0 atom stereocenters. The van der Waals surface area contributed by atoms with Gasteiger partial charge in [0.2, 0.25) is 5.91 Å². The Morgan fingerprint density at radius 1 is 1.00 bits per heavy atom.